The maximum atomic E-state index is 14.2. The summed E-state index contributed by atoms with van der Waals surface area (Å²) < 4.78 is 48.8. The summed E-state index contributed by atoms with van der Waals surface area (Å²) in [4.78, 5) is 37.4. The van der Waals surface area contributed by atoms with Crippen molar-refractivity contribution in [2.45, 2.75) is 65.0 Å². The normalized spacial score (nSPS) is 23.7. The number of halogens is 3. The first-order chi connectivity index (χ1) is 18.2. The van der Waals surface area contributed by atoms with E-state index < -0.39 is 18.9 Å². The van der Waals surface area contributed by atoms with Gasteiger partial charge in [-0.05, 0) is 38.5 Å². The Morgan fingerprint density at radius 3 is 2.59 bits per heavy atom. The molecule has 0 aromatic carbocycles. The number of alkyl halides is 3. The van der Waals surface area contributed by atoms with Crippen LogP contribution in [0.4, 0.5) is 24.8 Å². The molecule has 0 aliphatic carbocycles. The third-order valence-electron chi connectivity index (χ3n) is 7.69. The number of nitrogens with one attached hydrogen (secondary N) is 1. The number of anilines is 2. The van der Waals surface area contributed by atoms with Gasteiger partial charge in [0, 0.05) is 43.3 Å². The molecule has 0 bridgehead atoms. The van der Waals surface area contributed by atoms with Gasteiger partial charge in [0.05, 0.1) is 13.2 Å². The van der Waals surface area contributed by atoms with Crippen LogP contribution in [0.25, 0.3) is 0 Å². The van der Waals surface area contributed by atoms with E-state index in [0.717, 1.165) is 5.56 Å². The van der Waals surface area contributed by atoms with Gasteiger partial charge in [-0.15, -0.1) is 0 Å². The second-order valence-electron chi connectivity index (χ2n) is 10.7. The zero-order valence-corrected chi connectivity index (χ0v) is 23.0. The minimum absolute atomic E-state index is 0.0433. The average molecular weight is 551 g/mol. The molecule has 0 spiro atoms. The van der Waals surface area contributed by atoms with Crippen LogP contribution in [0.3, 0.4) is 0 Å². The van der Waals surface area contributed by atoms with Crippen LogP contribution in [-0.4, -0.2) is 72.0 Å². The van der Waals surface area contributed by atoms with Crippen molar-refractivity contribution in [1.82, 2.24) is 9.97 Å². The number of rotatable bonds is 7. The lowest BCUT2D eigenvalue weighted by Crippen LogP contribution is -2.69. The monoisotopic (exact) mass is 550 g/mol. The summed E-state index contributed by atoms with van der Waals surface area (Å²) >= 11 is 0. The smallest absolute Gasteiger partial charge is 0.422 e. The van der Waals surface area contributed by atoms with E-state index in [1.54, 1.807) is 27.0 Å². The van der Waals surface area contributed by atoms with Crippen LogP contribution in [0.15, 0.2) is 24.3 Å². The Morgan fingerprint density at radius 1 is 1.23 bits per heavy atom. The Morgan fingerprint density at radius 2 is 1.95 bits per heavy atom. The van der Waals surface area contributed by atoms with Crippen molar-refractivity contribution in [3.05, 3.63) is 41.1 Å². The molecular formula is C27H35F3N5O4+. The number of piperidine rings is 1. The lowest BCUT2D eigenvalue weighted by atomic mass is 9.92. The third-order valence-corrected chi connectivity index (χ3v) is 7.69. The number of pyridine rings is 2. The topological polar surface area (TPSA) is 93.7 Å². The van der Waals surface area contributed by atoms with E-state index in [1.807, 2.05) is 31.9 Å². The molecule has 9 nitrogen and oxygen atoms in total. The van der Waals surface area contributed by atoms with Crippen molar-refractivity contribution >= 4 is 23.5 Å². The molecule has 2 aliphatic rings. The molecule has 39 heavy (non-hydrogen) atoms. The van der Waals surface area contributed by atoms with Gasteiger partial charge in [-0.2, -0.15) is 18.2 Å². The number of hydrogen-bond acceptors (Lipinski definition) is 7. The molecule has 2 aromatic rings. The first-order valence-electron chi connectivity index (χ1n) is 12.9. The molecule has 4 unspecified atom stereocenters. The van der Waals surface area contributed by atoms with E-state index >= 15 is 0 Å². The van der Waals surface area contributed by atoms with Crippen molar-refractivity contribution in [3.8, 4) is 5.88 Å². The van der Waals surface area contributed by atoms with E-state index in [1.165, 1.54) is 12.1 Å². The third kappa shape index (κ3) is 5.72. The molecule has 2 aromatic heterocycles. The number of methoxy groups -OCH3 is 1. The minimum atomic E-state index is -4.51. The molecular weight excluding hydrogens is 515 g/mol. The summed E-state index contributed by atoms with van der Waals surface area (Å²) in [5, 5.41) is 2.84. The summed E-state index contributed by atoms with van der Waals surface area (Å²) in [7, 11) is 3.49. The van der Waals surface area contributed by atoms with E-state index in [-0.39, 0.29) is 40.2 Å². The Balaban J connectivity index is 1.76. The standard InChI is InChI=1S/C27H34F3N5O4/c1-15(2)25(36)32-21-12-18(11-16(3)31-21)17(4)35(5)23-13-19(38-6)9-10-34(23)24-20(26(35)37)7-8-22(33-24)39-14-27(28,29)30/h7-8,11-12,15,17,19,23H,9-10,13-14H2,1-6H3/p+1. The van der Waals surface area contributed by atoms with Crippen molar-refractivity contribution in [3.63, 3.8) is 0 Å². The van der Waals surface area contributed by atoms with Gasteiger partial charge in [0.1, 0.15) is 17.4 Å². The number of ether oxygens (including phenoxy) is 2. The fourth-order valence-electron chi connectivity index (χ4n) is 5.34. The molecule has 1 N–H and O–H groups in total. The number of aromatic nitrogens is 2. The number of hydrogen-bond donors (Lipinski definition) is 1. The SMILES string of the molecule is COC1CCN2c3nc(OCC(F)(F)F)ccc3C(=O)[N+](C)(C(C)c3cc(C)nc(NC(=O)C(C)C)c3)C2C1. The average Bonchev–Trinajstić information content (AvgIpc) is 2.88. The first-order valence-corrected chi connectivity index (χ1v) is 12.9. The van der Waals surface area contributed by atoms with Crippen LogP contribution in [0.2, 0.25) is 0 Å². The van der Waals surface area contributed by atoms with Crippen LogP contribution in [0.5, 0.6) is 5.88 Å². The molecule has 0 saturated carbocycles. The highest BCUT2D eigenvalue weighted by molar-refractivity contribution is 5.96. The van der Waals surface area contributed by atoms with Gasteiger partial charge in [0.15, 0.2) is 18.6 Å². The second-order valence-corrected chi connectivity index (χ2v) is 10.7. The predicted molar refractivity (Wildman–Crippen MR) is 138 cm³/mol. The Labute approximate surface area is 225 Å². The maximum absolute atomic E-state index is 14.2. The van der Waals surface area contributed by atoms with Gasteiger partial charge >= 0.3 is 12.1 Å². The van der Waals surface area contributed by atoms with Gasteiger partial charge in [-0.1, -0.05) is 13.8 Å². The van der Waals surface area contributed by atoms with Crippen LogP contribution >= 0.6 is 0 Å². The van der Waals surface area contributed by atoms with Crippen LogP contribution < -0.4 is 15.0 Å². The van der Waals surface area contributed by atoms with Crippen molar-refractivity contribution in [2.24, 2.45) is 5.92 Å². The van der Waals surface area contributed by atoms with Gasteiger partial charge in [-0.25, -0.2) is 14.3 Å². The van der Waals surface area contributed by atoms with Crippen LogP contribution in [-0.2, 0) is 9.53 Å². The molecule has 212 valence electrons. The molecule has 12 heteroatoms. The van der Waals surface area contributed by atoms with E-state index in [2.05, 4.69) is 15.3 Å². The summed E-state index contributed by atoms with van der Waals surface area (Å²) in [6.45, 7) is 6.41. The summed E-state index contributed by atoms with van der Waals surface area (Å²) in [5.74, 6) is -0.0602. The molecule has 1 fully saturated rings. The van der Waals surface area contributed by atoms with Gasteiger partial charge in [0.25, 0.3) is 0 Å². The van der Waals surface area contributed by atoms with Crippen molar-refractivity contribution < 1.29 is 36.7 Å². The number of aryl methyl sites for hydroxylation is 1. The van der Waals surface area contributed by atoms with E-state index in [4.69, 9.17) is 9.47 Å². The predicted octanol–water partition coefficient (Wildman–Crippen LogP) is 4.62. The Hall–Kier alpha value is -3.25. The maximum Gasteiger partial charge on any atom is 0.422 e. The van der Waals surface area contributed by atoms with Crippen molar-refractivity contribution in [1.29, 1.82) is 0 Å². The molecule has 4 heterocycles. The lowest BCUT2D eigenvalue weighted by Gasteiger charge is -2.53. The highest BCUT2D eigenvalue weighted by Crippen LogP contribution is 2.45. The number of nitrogens with zero attached hydrogens (tertiary/aromatic N) is 4. The lowest BCUT2D eigenvalue weighted by molar-refractivity contribution is -0.886. The van der Waals surface area contributed by atoms with E-state index in [9.17, 15) is 22.8 Å². The molecule has 4 atom stereocenters. The quantitative estimate of drug-likeness (QED) is 0.503. The summed E-state index contributed by atoms with van der Waals surface area (Å²) in [5.41, 5.74) is 1.83. The fraction of sp³-hybridized carbons (Fsp3) is 0.556. The molecule has 1 saturated heterocycles. The summed E-state index contributed by atoms with van der Waals surface area (Å²) in [6.07, 6.45) is -3.82. The molecule has 0 radical (unpaired) electrons. The van der Waals surface area contributed by atoms with Gasteiger partial charge in [0.2, 0.25) is 11.8 Å². The zero-order chi connectivity index (χ0) is 28.7. The minimum Gasteiger partial charge on any atom is -0.468 e. The van der Waals surface area contributed by atoms with Crippen LogP contribution in [0, 0.1) is 12.8 Å². The fourth-order valence-corrected chi connectivity index (χ4v) is 5.34. The van der Waals surface area contributed by atoms with Crippen LogP contribution in [0.1, 0.15) is 61.3 Å². The number of amides is 2. The number of carbonyl (C=O) groups is 2. The summed E-state index contributed by atoms with van der Waals surface area (Å²) in [6, 6.07) is 6.11. The van der Waals surface area contributed by atoms with Gasteiger partial charge in [-0.3, -0.25) is 4.79 Å². The number of carbonyl (C=O) groups excluding carboxylic acids is 2. The first kappa shape index (κ1) is 28.8. The Bertz CT molecular complexity index is 1250. The zero-order valence-electron chi connectivity index (χ0n) is 23.0. The molecule has 4 rings (SSSR count). The largest absolute Gasteiger partial charge is 0.468 e. The van der Waals surface area contributed by atoms with E-state index in [0.29, 0.717) is 42.3 Å². The number of quaternary nitrogens is 1. The van der Waals surface area contributed by atoms with Crippen molar-refractivity contribution in [2.75, 3.05) is 37.5 Å². The molecule has 2 amide bonds. The highest BCUT2D eigenvalue weighted by atomic mass is 19.4. The second kappa shape index (κ2) is 10.7. The molecule has 2 aliphatic heterocycles. The Kier molecular flexibility index (Phi) is 7.91. The highest BCUT2D eigenvalue weighted by Gasteiger charge is 2.56. The number of fused-ring (bicyclic) bond motifs is 3. The van der Waals surface area contributed by atoms with Gasteiger partial charge < -0.3 is 19.7 Å².